The van der Waals surface area contributed by atoms with Gasteiger partial charge in [-0.25, -0.2) is 0 Å². The fraction of sp³-hybridized carbons (Fsp3) is 0.983. The van der Waals surface area contributed by atoms with Crippen molar-refractivity contribution < 1.29 is 4.79 Å². The second kappa shape index (κ2) is 49.3. The normalized spacial score (nSPS) is 13.8. The van der Waals surface area contributed by atoms with Crippen LogP contribution in [0.5, 0.6) is 0 Å². The molecule has 0 saturated heterocycles. The quantitative estimate of drug-likeness (QED) is 0.0568. The molecule has 0 fully saturated rings. The molecule has 3 atom stereocenters. The van der Waals surface area contributed by atoms with E-state index >= 15 is 0 Å². The molecule has 0 aliphatic heterocycles. The minimum atomic E-state index is 0.456. The van der Waals surface area contributed by atoms with Crippen LogP contribution in [0.15, 0.2) is 0 Å². The lowest BCUT2D eigenvalue weighted by Crippen LogP contribution is -2.41. The smallest absolute Gasteiger partial charge is 0.222 e. The van der Waals surface area contributed by atoms with Crippen molar-refractivity contribution in [2.75, 3.05) is 27.2 Å². The zero-order valence-electron chi connectivity index (χ0n) is 45.3. The van der Waals surface area contributed by atoms with E-state index in [0.717, 1.165) is 50.1 Å². The maximum Gasteiger partial charge on any atom is 0.222 e. The summed E-state index contributed by atoms with van der Waals surface area (Å²) in [6.45, 7) is 16.3. The van der Waals surface area contributed by atoms with Gasteiger partial charge in [-0.15, -0.1) is 0 Å². The summed E-state index contributed by atoms with van der Waals surface area (Å²) in [6.07, 6.45) is 61.4. The standard InChI is InChI=1S/C60H122N2O/c1-9-15-21-25-27-31-35-42-53-62(60(63)51-41-43-52-61(7)8)59(49-39-33-28-26-22-16-10-2)50-40-34-30-29-32-38-48-58(54-56(44-19-13-5)46-36-23-17-11-3)55-57(45-20-14-6)47-37-24-18-12-4/h56-59H,9-55H2,1-8H3. The fourth-order valence-corrected chi connectivity index (χ4v) is 10.8. The molecule has 63 heavy (non-hydrogen) atoms. The van der Waals surface area contributed by atoms with E-state index in [0.29, 0.717) is 11.9 Å². The van der Waals surface area contributed by atoms with Gasteiger partial charge in [0.1, 0.15) is 0 Å². The van der Waals surface area contributed by atoms with E-state index in [1.165, 1.54) is 270 Å². The van der Waals surface area contributed by atoms with Crippen LogP contribution in [0, 0.1) is 17.8 Å². The molecule has 3 unspecified atom stereocenters. The van der Waals surface area contributed by atoms with Crippen LogP contribution in [0.25, 0.3) is 0 Å². The number of carbonyl (C=O) groups excluding carboxylic acids is 1. The lowest BCUT2D eigenvalue weighted by molar-refractivity contribution is -0.134. The molecule has 0 aliphatic carbocycles. The summed E-state index contributed by atoms with van der Waals surface area (Å²) < 4.78 is 0. The Kier molecular flexibility index (Phi) is 48.9. The van der Waals surface area contributed by atoms with Gasteiger partial charge in [0.05, 0.1) is 0 Å². The number of unbranched alkanes of at least 4 members (excludes halogenated alkanes) is 27. The molecule has 0 aliphatic rings. The Morgan fingerprint density at radius 2 is 0.619 bits per heavy atom. The van der Waals surface area contributed by atoms with Crippen molar-refractivity contribution in [1.29, 1.82) is 0 Å². The van der Waals surface area contributed by atoms with Crippen LogP contribution in [0.1, 0.15) is 330 Å². The van der Waals surface area contributed by atoms with E-state index in [-0.39, 0.29) is 0 Å². The van der Waals surface area contributed by atoms with E-state index < -0.39 is 0 Å². The van der Waals surface area contributed by atoms with Gasteiger partial charge >= 0.3 is 0 Å². The first-order valence-corrected chi connectivity index (χ1v) is 29.8. The third-order valence-electron chi connectivity index (χ3n) is 15.0. The molecule has 0 aromatic heterocycles. The number of hydrogen-bond acceptors (Lipinski definition) is 2. The zero-order chi connectivity index (χ0) is 46.3. The van der Waals surface area contributed by atoms with E-state index in [2.05, 4.69) is 65.4 Å². The number of amides is 1. The van der Waals surface area contributed by atoms with Crippen molar-refractivity contribution in [3.63, 3.8) is 0 Å². The highest BCUT2D eigenvalue weighted by Gasteiger charge is 2.24. The molecule has 0 bridgehead atoms. The summed E-state index contributed by atoms with van der Waals surface area (Å²) in [4.78, 5) is 18.8. The van der Waals surface area contributed by atoms with E-state index in [4.69, 9.17) is 0 Å². The van der Waals surface area contributed by atoms with Gasteiger partial charge < -0.3 is 9.80 Å². The summed E-state index contributed by atoms with van der Waals surface area (Å²) in [7, 11) is 4.32. The molecule has 0 rings (SSSR count). The maximum absolute atomic E-state index is 14.0. The molecule has 1 amide bonds. The molecule has 378 valence electrons. The molecule has 3 heteroatoms. The van der Waals surface area contributed by atoms with Gasteiger partial charge in [-0.1, -0.05) is 279 Å². The van der Waals surface area contributed by atoms with E-state index in [9.17, 15) is 4.79 Å². The minimum absolute atomic E-state index is 0.456. The second-order valence-electron chi connectivity index (χ2n) is 21.6. The van der Waals surface area contributed by atoms with Gasteiger partial charge in [0.15, 0.2) is 0 Å². The molecule has 0 saturated carbocycles. The predicted octanol–water partition coefficient (Wildman–Crippen LogP) is 20.3. The largest absolute Gasteiger partial charge is 0.340 e. The van der Waals surface area contributed by atoms with Gasteiger partial charge in [-0.3, -0.25) is 4.79 Å². The minimum Gasteiger partial charge on any atom is -0.340 e. The first-order chi connectivity index (χ1) is 30.9. The Morgan fingerprint density at radius 1 is 0.317 bits per heavy atom. The van der Waals surface area contributed by atoms with Crippen LogP contribution in [0.2, 0.25) is 0 Å². The molecular weight excluding hydrogens is 765 g/mol. The van der Waals surface area contributed by atoms with Crippen LogP contribution in [0.3, 0.4) is 0 Å². The van der Waals surface area contributed by atoms with Gasteiger partial charge in [0, 0.05) is 19.0 Å². The summed E-state index contributed by atoms with van der Waals surface area (Å²) in [6, 6.07) is 0.456. The highest BCUT2D eigenvalue weighted by Crippen LogP contribution is 2.34. The van der Waals surface area contributed by atoms with Crippen molar-refractivity contribution >= 4 is 5.91 Å². The third-order valence-corrected chi connectivity index (χ3v) is 15.0. The molecule has 0 N–H and O–H groups in total. The van der Waals surface area contributed by atoms with Crippen molar-refractivity contribution in [1.82, 2.24) is 9.80 Å². The van der Waals surface area contributed by atoms with Crippen molar-refractivity contribution in [3.05, 3.63) is 0 Å². The van der Waals surface area contributed by atoms with Crippen molar-refractivity contribution in [2.45, 2.75) is 337 Å². The summed E-state index contributed by atoms with van der Waals surface area (Å²) in [5.74, 6) is 3.35. The molecule has 0 aromatic carbocycles. The Bertz CT molecular complexity index is 861. The predicted molar refractivity (Wildman–Crippen MR) is 286 cm³/mol. The van der Waals surface area contributed by atoms with Crippen LogP contribution in [-0.4, -0.2) is 48.9 Å². The molecule has 3 nitrogen and oxygen atoms in total. The SMILES string of the molecule is CCCCCCCCCCN(C(=O)CCCCN(C)C)C(CCCCCCCCC)CCCCCCCCC(CC(CCCC)CCCCCC)CC(CCCC)CCCCCC. The first kappa shape index (κ1) is 62.4. The summed E-state index contributed by atoms with van der Waals surface area (Å²) >= 11 is 0. The second-order valence-corrected chi connectivity index (χ2v) is 21.6. The van der Waals surface area contributed by atoms with Crippen LogP contribution >= 0.6 is 0 Å². The number of carbonyl (C=O) groups is 1. The highest BCUT2D eigenvalue weighted by atomic mass is 16.2. The highest BCUT2D eigenvalue weighted by molar-refractivity contribution is 5.76. The third kappa shape index (κ3) is 41.4. The van der Waals surface area contributed by atoms with Crippen LogP contribution in [-0.2, 0) is 4.79 Å². The Balaban J connectivity index is 5.52. The van der Waals surface area contributed by atoms with Crippen LogP contribution in [0.4, 0.5) is 0 Å². The monoisotopic (exact) mass is 887 g/mol. The van der Waals surface area contributed by atoms with Gasteiger partial charge in [-0.2, -0.15) is 0 Å². The van der Waals surface area contributed by atoms with Crippen molar-refractivity contribution in [3.8, 4) is 0 Å². The molecular formula is C60H122N2O. The average molecular weight is 888 g/mol. The van der Waals surface area contributed by atoms with E-state index in [1.54, 1.807) is 0 Å². The molecule has 0 radical (unpaired) electrons. The number of nitrogens with zero attached hydrogens (tertiary/aromatic N) is 2. The van der Waals surface area contributed by atoms with Crippen molar-refractivity contribution in [2.24, 2.45) is 17.8 Å². The topological polar surface area (TPSA) is 23.6 Å². The Labute approximate surface area is 400 Å². The maximum atomic E-state index is 14.0. The summed E-state index contributed by atoms with van der Waals surface area (Å²) in [5.41, 5.74) is 0. The average Bonchev–Trinajstić information content (AvgIpc) is 3.28. The number of hydrogen-bond donors (Lipinski definition) is 0. The van der Waals surface area contributed by atoms with Gasteiger partial charge in [-0.05, 0) is 83.3 Å². The fourth-order valence-electron chi connectivity index (χ4n) is 10.8. The van der Waals surface area contributed by atoms with Gasteiger partial charge in [0.25, 0.3) is 0 Å². The molecule has 0 aromatic rings. The lowest BCUT2D eigenvalue weighted by atomic mass is 9.78. The summed E-state index contributed by atoms with van der Waals surface area (Å²) in [5, 5.41) is 0. The molecule has 0 spiro atoms. The molecule has 0 heterocycles. The first-order valence-electron chi connectivity index (χ1n) is 29.8. The Hall–Kier alpha value is -0.570. The van der Waals surface area contributed by atoms with E-state index in [1.807, 2.05) is 0 Å². The van der Waals surface area contributed by atoms with Crippen LogP contribution < -0.4 is 0 Å². The lowest BCUT2D eigenvalue weighted by Gasteiger charge is -2.33. The number of rotatable bonds is 52. The Morgan fingerprint density at radius 3 is 1.02 bits per heavy atom. The zero-order valence-corrected chi connectivity index (χ0v) is 45.3. The van der Waals surface area contributed by atoms with Gasteiger partial charge in [0.2, 0.25) is 5.91 Å².